The Morgan fingerprint density at radius 3 is 2.11 bits per heavy atom. The molecule has 2 rings (SSSR count). The molecule has 0 aromatic heterocycles. The van der Waals surface area contributed by atoms with Gasteiger partial charge in [0.1, 0.15) is 0 Å². The van der Waals surface area contributed by atoms with Gasteiger partial charge in [-0.3, -0.25) is 4.85 Å². The molecule has 0 N–H and O–H groups in total. The van der Waals surface area contributed by atoms with Gasteiger partial charge in [-0.25, -0.2) is 11.5 Å². The van der Waals surface area contributed by atoms with Crippen molar-refractivity contribution in [1.29, 1.82) is 0 Å². The fraction of sp³-hybridized carbons (Fsp3) is 0.562. The van der Waals surface area contributed by atoms with Crippen molar-refractivity contribution in [3.8, 4) is 0 Å². The molecule has 1 heterocycles. The summed E-state index contributed by atoms with van der Waals surface area (Å²) in [6.45, 7) is 18.2. The summed E-state index contributed by atoms with van der Waals surface area (Å²) in [5.74, 6) is 0. The van der Waals surface area contributed by atoms with E-state index in [2.05, 4.69) is 59.7 Å². The van der Waals surface area contributed by atoms with E-state index in [1.165, 1.54) is 11.3 Å². The summed E-state index contributed by atoms with van der Waals surface area (Å²) in [6.07, 6.45) is 0. The Hall–Kier alpha value is -1.53. The molecule has 0 spiro atoms. The number of nitrogens with zero attached hydrogens (tertiary/aromatic N) is 3. The van der Waals surface area contributed by atoms with E-state index in [0.717, 1.165) is 26.2 Å². The summed E-state index contributed by atoms with van der Waals surface area (Å²) in [4.78, 5) is 8.08. The smallest absolute Gasteiger partial charge is 0.270 e. The molecule has 1 aliphatic rings. The lowest BCUT2D eigenvalue weighted by molar-refractivity contribution is 0.283. The molecule has 1 aromatic rings. The summed E-state index contributed by atoms with van der Waals surface area (Å²) in [6, 6.07) is 8.93. The van der Waals surface area contributed by atoms with Crippen molar-refractivity contribution in [3.05, 3.63) is 41.2 Å². The van der Waals surface area contributed by atoms with Gasteiger partial charge in [0.05, 0.1) is 0 Å². The predicted octanol–water partition coefficient (Wildman–Crippen LogP) is 2.98. The molecule has 1 fully saturated rings. The lowest BCUT2D eigenvalue weighted by Gasteiger charge is -2.34. The number of rotatable bonds is 2. The van der Waals surface area contributed by atoms with Crippen molar-refractivity contribution >= 4 is 5.69 Å². The molecule has 1 aliphatic heterocycles. The minimum absolute atomic E-state index is 0.215. The van der Waals surface area contributed by atoms with E-state index in [4.69, 9.17) is 6.57 Å². The summed E-state index contributed by atoms with van der Waals surface area (Å²) < 4.78 is 0. The van der Waals surface area contributed by atoms with Gasteiger partial charge in [0.2, 0.25) is 0 Å². The van der Waals surface area contributed by atoms with Crippen molar-refractivity contribution in [2.24, 2.45) is 0 Å². The molecule has 0 atom stereocenters. The highest BCUT2D eigenvalue weighted by atomic mass is 15.3. The van der Waals surface area contributed by atoms with Gasteiger partial charge in [-0.1, -0.05) is 32.9 Å². The van der Waals surface area contributed by atoms with Gasteiger partial charge in [0.15, 0.2) is 0 Å². The Bertz CT molecular complexity index is 442. The second kappa shape index (κ2) is 5.63. The standard InChI is InChI=1S/C16H23N3/c1-16(2,3)14-5-7-15(8-6-14)19-11-9-18(10-12-19)13-17-4/h5-8H,9-13H2,1-3H3. The quantitative estimate of drug-likeness (QED) is 0.754. The first-order valence-corrected chi connectivity index (χ1v) is 6.92. The van der Waals surface area contributed by atoms with E-state index in [1.807, 2.05) is 0 Å². The van der Waals surface area contributed by atoms with Gasteiger partial charge in [0.25, 0.3) is 6.67 Å². The third-order valence-electron chi connectivity index (χ3n) is 3.74. The second-order valence-corrected chi connectivity index (χ2v) is 6.20. The van der Waals surface area contributed by atoms with Crippen molar-refractivity contribution in [3.63, 3.8) is 0 Å². The molecule has 1 aromatic carbocycles. The molecule has 19 heavy (non-hydrogen) atoms. The fourth-order valence-corrected chi connectivity index (χ4v) is 2.42. The van der Waals surface area contributed by atoms with Crippen LogP contribution in [0.25, 0.3) is 4.85 Å². The zero-order valence-electron chi connectivity index (χ0n) is 12.2. The van der Waals surface area contributed by atoms with Crippen LogP contribution < -0.4 is 4.90 Å². The van der Waals surface area contributed by atoms with Crippen LogP contribution in [0.1, 0.15) is 26.3 Å². The maximum Gasteiger partial charge on any atom is 0.270 e. The van der Waals surface area contributed by atoms with E-state index in [0.29, 0.717) is 6.67 Å². The van der Waals surface area contributed by atoms with Crippen LogP contribution in [0.5, 0.6) is 0 Å². The van der Waals surface area contributed by atoms with Crippen molar-refractivity contribution in [1.82, 2.24) is 4.90 Å². The molecule has 102 valence electrons. The highest BCUT2D eigenvalue weighted by Gasteiger charge is 2.19. The van der Waals surface area contributed by atoms with Gasteiger partial charge >= 0.3 is 0 Å². The molecular weight excluding hydrogens is 234 g/mol. The highest BCUT2D eigenvalue weighted by molar-refractivity contribution is 5.49. The van der Waals surface area contributed by atoms with Crippen LogP contribution in [0.15, 0.2) is 24.3 Å². The first kappa shape index (κ1) is 13.9. The third kappa shape index (κ3) is 3.48. The number of benzene rings is 1. The van der Waals surface area contributed by atoms with Gasteiger partial charge < -0.3 is 4.90 Å². The Balaban J connectivity index is 1.99. The molecule has 3 nitrogen and oxygen atoms in total. The zero-order valence-corrected chi connectivity index (χ0v) is 12.2. The molecule has 0 bridgehead atoms. The van der Waals surface area contributed by atoms with Gasteiger partial charge in [0, 0.05) is 31.9 Å². The van der Waals surface area contributed by atoms with E-state index in [9.17, 15) is 0 Å². The molecule has 1 saturated heterocycles. The molecule has 0 unspecified atom stereocenters. The largest absolute Gasteiger partial charge is 0.369 e. The molecule has 0 aliphatic carbocycles. The topological polar surface area (TPSA) is 10.8 Å². The minimum Gasteiger partial charge on any atom is -0.369 e. The molecule has 0 radical (unpaired) electrons. The van der Waals surface area contributed by atoms with Crippen molar-refractivity contribution in [2.75, 3.05) is 37.7 Å². The van der Waals surface area contributed by atoms with Crippen LogP contribution in [-0.4, -0.2) is 37.7 Å². The Morgan fingerprint density at radius 1 is 1.05 bits per heavy atom. The number of anilines is 1. The predicted molar refractivity (Wildman–Crippen MR) is 80.4 cm³/mol. The normalized spacial score (nSPS) is 17.3. The fourth-order valence-electron chi connectivity index (χ4n) is 2.42. The van der Waals surface area contributed by atoms with E-state index in [-0.39, 0.29) is 5.41 Å². The van der Waals surface area contributed by atoms with Crippen LogP contribution in [0.3, 0.4) is 0 Å². The van der Waals surface area contributed by atoms with Crippen LogP contribution in [0.4, 0.5) is 5.69 Å². The number of hydrogen-bond donors (Lipinski definition) is 0. The van der Waals surface area contributed by atoms with Crippen molar-refractivity contribution in [2.45, 2.75) is 26.2 Å². The summed E-state index contributed by atoms with van der Waals surface area (Å²) in [5.41, 5.74) is 2.89. The summed E-state index contributed by atoms with van der Waals surface area (Å²) >= 11 is 0. The minimum atomic E-state index is 0.215. The first-order chi connectivity index (χ1) is 9.00. The highest BCUT2D eigenvalue weighted by Crippen LogP contribution is 2.25. The van der Waals surface area contributed by atoms with E-state index < -0.39 is 0 Å². The van der Waals surface area contributed by atoms with Gasteiger partial charge in [-0.15, -0.1) is 0 Å². The zero-order chi connectivity index (χ0) is 13.9. The Morgan fingerprint density at radius 2 is 1.63 bits per heavy atom. The van der Waals surface area contributed by atoms with Crippen LogP contribution in [0, 0.1) is 6.57 Å². The van der Waals surface area contributed by atoms with Crippen LogP contribution >= 0.6 is 0 Å². The first-order valence-electron chi connectivity index (χ1n) is 6.92. The molecule has 0 amide bonds. The maximum atomic E-state index is 6.91. The average Bonchev–Trinajstić information content (AvgIpc) is 2.39. The van der Waals surface area contributed by atoms with Crippen LogP contribution in [0.2, 0.25) is 0 Å². The average molecular weight is 257 g/mol. The number of hydrogen-bond acceptors (Lipinski definition) is 2. The van der Waals surface area contributed by atoms with E-state index >= 15 is 0 Å². The van der Waals surface area contributed by atoms with E-state index in [1.54, 1.807) is 0 Å². The van der Waals surface area contributed by atoms with Gasteiger partial charge in [-0.2, -0.15) is 0 Å². The Labute approximate surface area is 116 Å². The maximum absolute atomic E-state index is 6.91. The third-order valence-corrected chi connectivity index (χ3v) is 3.74. The second-order valence-electron chi connectivity index (χ2n) is 6.20. The molecular formula is C16H23N3. The lowest BCUT2D eigenvalue weighted by Crippen LogP contribution is -2.46. The molecule has 3 heteroatoms. The summed E-state index contributed by atoms with van der Waals surface area (Å²) in [7, 11) is 0. The number of piperazine rings is 1. The molecule has 0 saturated carbocycles. The van der Waals surface area contributed by atoms with Crippen molar-refractivity contribution < 1.29 is 0 Å². The monoisotopic (exact) mass is 257 g/mol. The summed E-state index contributed by atoms with van der Waals surface area (Å²) in [5, 5.41) is 0. The lowest BCUT2D eigenvalue weighted by atomic mass is 9.87. The SMILES string of the molecule is [C-]#[N+]CN1CCN(c2ccc(C(C)(C)C)cc2)CC1. The Kier molecular flexibility index (Phi) is 4.11. The van der Waals surface area contributed by atoms with Gasteiger partial charge in [-0.05, 0) is 23.1 Å². The van der Waals surface area contributed by atoms with Crippen LogP contribution in [-0.2, 0) is 5.41 Å².